The first-order chi connectivity index (χ1) is 10.1. The van der Waals surface area contributed by atoms with Crippen molar-refractivity contribution in [2.75, 3.05) is 5.32 Å². The number of halogens is 1. The molecule has 0 radical (unpaired) electrons. The van der Waals surface area contributed by atoms with Gasteiger partial charge < -0.3 is 5.32 Å². The number of hydrogen-bond donors (Lipinski definition) is 1. The third-order valence-corrected chi connectivity index (χ3v) is 3.97. The van der Waals surface area contributed by atoms with Gasteiger partial charge in [-0.15, -0.1) is 0 Å². The van der Waals surface area contributed by atoms with Crippen LogP contribution < -0.4 is 5.32 Å². The van der Waals surface area contributed by atoms with Crippen LogP contribution in [0.4, 0.5) is 5.69 Å². The van der Waals surface area contributed by atoms with Crippen molar-refractivity contribution in [2.45, 2.75) is 20.4 Å². The van der Waals surface area contributed by atoms with Crippen molar-refractivity contribution in [3.63, 3.8) is 0 Å². The first-order valence-corrected chi connectivity index (χ1v) is 7.36. The summed E-state index contributed by atoms with van der Waals surface area (Å²) in [5.41, 5.74) is 5.44. The van der Waals surface area contributed by atoms with E-state index in [0.29, 0.717) is 0 Å². The van der Waals surface area contributed by atoms with Gasteiger partial charge in [-0.3, -0.25) is 4.98 Å². The van der Waals surface area contributed by atoms with E-state index in [1.165, 1.54) is 10.9 Å². The number of nitrogens with zero attached hydrogens (tertiary/aromatic N) is 1. The molecule has 0 aliphatic heterocycles. The molecule has 0 amide bonds. The number of nitrogens with one attached hydrogen (secondary N) is 1. The Morgan fingerprint density at radius 2 is 1.86 bits per heavy atom. The summed E-state index contributed by atoms with van der Waals surface area (Å²) in [5.74, 6) is 0. The Hall–Kier alpha value is -2.06. The van der Waals surface area contributed by atoms with Gasteiger partial charge in [0.1, 0.15) is 0 Å². The highest BCUT2D eigenvalue weighted by molar-refractivity contribution is 6.31. The van der Waals surface area contributed by atoms with Crippen LogP contribution in [-0.4, -0.2) is 4.98 Å². The maximum absolute atomic E-state index is 6.14. The van der Waals surface area contributed by atoms with Crippen LogP contribution in [0.2, 0.25) is 5.02 Å². The maximum atomic E-state index is 6.14. The minimum absolute atomic E-state index is 0.767. The summed E-state index contributed by atoms with van der Waals surface area (Å²) in [7, 11) is 0. The molecule has 0 fully saturated rings. The second kappa shape index (κ2) is 5.74. The predicted octanol–water partition coefficient (Wildman–Crippen LogP) is 5.12. The van der Waals surface area contributed by atoms with Gasteiger partial charge in [-0.1, -0.05) is 29.8 Å². The number of benzene rings is 2. The third-order valence-electron chi connectivity index (χ3n) is 3.56. The summed E-state index contributed by atoms with van der Waals surface area (Å²) in [6, 6.07) is 16.5. The number of hydrogen-bond acceptors (Lipinski definition) is 2. The molecule has 3 heteroatoms. The molecular formula is C18H17ClN2. The zero-order valence-corrected chi connectivity index (χ0v) is 12.9. The Morgan fingerprint density at radius 1 is 1.00 bits per heavy atom. The highest BCUT2D eigenvalue weighted by Crippen LogP contribution is 2.21. The topological polar surface area (TPSA) is 24.9 Å². The minimum atomic E-state index is 0.767. The van der Waals surface area contributed by atoms with Crippen LogP contribution in [0.25, 0.3) is 10.9 Å². The molecule has 106 valence electrons. The van der Waals surface area contributed by atoms with E-state index in [1.54, 1.807) is 0 Å². The molecule has 0 spiro atoms. The Bertz CT molecular complexity index is 796. The molecular weight excluding hydrogens is 280 g/mol. The van der Waals surface area contributed by atoms with Gasteiger partial charge >= 0.3 is 0 Å². The Kier molecular flexibility index (Phi) is 3.80. The maximum Gasteiger partial charge on any atom is 0.0705 e. The van der Waals surface area contributed by atoms with Crippen molar-refractivity contribution < 1.29 is 0 Å². The van der Waals surface area contributed by atoms with E-state index in [-0.39, 0.29) is 0 Å². The second-order valence-electron chi connectivity index (χ2n) is 5.30. The summed E-state index contributed by atoms with van der Waals surface area (Å²) in [6.07, 6.45) is 0. The standard InChI is InChI=1S/C18H17ClN2/c1-12-3-7-16(10-17(12)19)20-11-14-5-8-18-15(9-14)6-4-13(2)21-18/h3-10,20H,11H2,1-2H3. The number of fused-ring (bicyclic) bond motifs is 1. The highest BCUT2D eigenvalue weighted by Gasteiger charge is 2.00. The molecule has 1 heterocycles. The second-order valence-corrected chi connectivity index (χ2v) is 5.70. The number of rotatable bonds is 3. The Morgan fingerprint density at radius 3 is 2.67 bits per heavy atom. The van der Waals surface area contributed by atoms with Gasteiger partial charge in [0.2, 0.25) is 0 Å². The monoisotopic (exact) mass is 296 g/mol. The molecule has 0 aliphatic rings. The number of anilines is 1. The molecule has 1 N–H and O–H groups in total. The van der Waals surface area contributed by atoms with Crippen LogP contribution in [0.1, 0.15) is 16.8 Å². The van der Waals surface area contributed by atoms with Crippen LogP contribution in [0, 0.1) is 13.8 Å². The lowest BCUT2D eigenvalue weighted by atomic mass is 10.1. The van der Waals surface area contributed by atoms with Crippen molar-refractivity contribution in [1.29, 1.82) is 0 Å². The van der Waals surface area contributed by atoms with Crippen LogP contribution in [0.3, 0.4) is 0 Å². The lowest BCUT2D eigenvalue weighted by molar-refractivity contribution is 1.15. The van der Waals surface area contributed by atoms with Crippen molar-refractivity contribution in [3.05, 3.63) is 70.4 Å². The number of aromatic nitrogens is 1. The molecule has 3 rings (SSSR count). The number of aryl methyl sites for hydroxylation is 2. The predicted molar refractivity (Wildman–Crippen MR) is 90.0 cm³/mol. The van der Waals surface area contributed by atoms with Gasteiger partial charge in [0.15, 0.2) is 0 Å². The average Bonchev–Trinajstić information content (AvgIpc) is 2.48. The fourth-order valence-electron chi connectivity index (χ4n) is 2.29. The first-order valence-electron chi connectivity index (χ1n) is 6.98. The summed E-state index contributed by atoms with van der Waals surface area (Å²) in [4.78, 5) is 4.52. The summed E-state index contributed by atoms with van der Waals surface area (Å²) in [6.45, 7) is 4.78. The summed E-state index contributed by atoms with van der Waals surface area (Å²) >= 11 is 6.14. The van der Waals surface area contributed by atoms with Crippen molar-refractivity contribution in [1.82, 2.24) is 4.98 Å². The number of pyridine rings is 1. The molecule has 21 heavy (non-hydrogen) atoms. The third kappa shape index (κ3) is 3.17. The van der Waals surface area contributed by atoms with Gasteiger partial charge in [0, 0.05) is 28.3 Å². The molecule has 0 aliphatic carbocycles. The van der Waals surface area contributed by atoms with E-state index >= 15 is 0 Å². The zero-order chi connectivity index (χ0) is 14.8. The lowest BCUT2D eigenvalue weighted by Crippen LogP contribution is -1.99. The SMILES string of the molecule is Cc1ccc2cc(CNc3ccc(C)c(Cl)c3)ccc2n1. The molecule has 2 nitrogen and oxygen atoms in total. The van der Waals surface area contributed by atoms with E-state index in [1.807, 2.05) is 38.1 Å². The molecule has 0 saturated heterocycles. The highest BCUT2D eigenvalue weighted by atomic mass is 35.5. The van der Waals surface area contributed by atoms with Gasteiger partial charge in [0.25, 0.3) is 0 Å². The van der Waals surface area contributed by atoms with Crippen LogP contribution in [-0.2, 0) is 6.54 Å². The average molecular weight is 297 g/mol. The normalized spacial score (nSPS) is 10.8. The largest absolute Gasteiger partial charge is 0.381 e. The van der Waals surface area contributed by atoms with E-state index in [9.17, 15) is 0 Å². The summed E-state index contributed by atoms with van der Waals surface area (Å²) < 4.78 is 0. The smallest absolute Gasteiger partial charge is 0.0705 e. The van der Waals surface area contributed by atoms with Gasteiger partial charge in [0.05, 0.1) is 5.52 Å². The quantitative estimate of drug-likeness (QED) is 0.726. The van der Waals surface area contributed by atoms with Crippen molar-refractivity contribution >= 4 is 28.2 Å². The van der Waals surface area contributed by atoms with Gasteiger partial charge in [-0.2, -0.15) is 0 Å². The molecule has 0 atom stereocenters. The van der Waals surface area contributed by atoms with Crippen molar-refractivity contribution in [2.24, 2.45) is 0 Å². The van der Waals surface area contributed by atoms with E-state index in [2.05, 4.69) is 34.6 Å². The van der Waals surface area contributed by atoms with Crippen LogP contribution >= 0.6 is 11.6 Å². The first kappa shape index (κ1) is 13.9. The van der Waals surface area contributed by atoms with Crippen LogP contribution in [0.5, 0.6) is 0 Å². The molecule has 0 bridgehead atoms. The fourth-order valence-corrected chi connectivity index (χ4v) is 2.47. The molecule has 0 unspecified atom stereocenters. The molecule has 3 aromatic rings. The summed E-state index contributed by atoms with van der Waals surface area (Å²) in [5, 5.41) is 5.36. The van der Waals surface area contributed by atoms with Crippen molar-refractivity contribution in [3.8, 4) is 0 Å². The lowest BCUT2D eigenvalue weighted by Gasteiger charge is -2.09. The minimum Gasteiger partial charge on any atom is -0.381 e. The molecule has 2 aromatic carbocycles. The van der Waals surface area contributed by atoms with E-state index in [4.69, 9.17) is 11.6 Å². The Labute approximate surface area is 129 Å². The fraction of sp³-hybridized carbons (Fsp3) is 0.167. The van der Waals surface area contributed by atoms with Gasteiger partial charge in [-0.05, 0) is 55.3 Å². The van der Waals surface area contributed by atoms with E-state index < -0.39 is 0 Å². The zero-order valence-electron chi connectivity index (χ0n) is 12.2. The Balaban J connectivity index is 1.78. The van der Waals surface area contributed by atoms with Gasteiger partial charge in [-0.25, -0.2) is 0 Å². The molecule has 1 aromatic heterocycles. The molecule has 0 saturated carbocycles. The van der Waals surface area contributed by atoms with Crippen LogP contribution in [0.15, 0.2) is 48.5 Å². The van der Waals surface area contributed by atoms with E-state index in [0.717, 1.165) is 34.0 Å².